The van der Waals surface area contributed by atoms with Crippen molar-refractivity contribution < 1.29 is 9.47 Å². The molecule has 0 radical (unpaired) electrons. The highest BCUT2D eigenvalue weighted by Gasteiger charge is 2.17. The normalized spacial score (nSPS) is 20.3. The molecule has 0 aliphatic carbocycles. The molecule has 2 unspecified atom stereocenters. The Balaban J connectivity index is 2.11. The largest absolute Gasteiger partial charge is 0.489 e. The summed E-state index contributed by atoms with van der Waals surface area (Å²) >= 11 is 6.40. The van der Waals surface area contributed by atoms with Crippen LogP contribution in [0.25, 0.3) is 0 Å². The van der Waals surface area contributed by atoms with Crippen molar-refractivity contribution in [2.24, 2.45) is 5.92 Å². The molecule has 1 aliphatic heterocycles. The van der Waals surface area contributed by atoms with Crippen molar-refractivity contribution in [2.75, 3.05) is 13.2 Å². The standard InChI is InChI=1S/C15H21ClO2/c1-3-4-5-13(16)12-6-7-14-15(8-12)18-10-11(2)9-17-14/h6-8,11,13H,3-5,9-10H2,1-2H3. The fraction of sp³-hybridized carbons (Fsp3) is 0.600. The van der Waals surface area contributed by atoms with Gasteiger partial charge in [-0.25, -0.2) is 0 Å². The first kappa shape index (κ1) is 13.5. The second kappa shape index (κ2) is 6.33. The average Bonchev–Trinajstić information content (AvgIpc) is 2.58. The molecule has 1 aromatic carbocycles. The Morgan fingerprint density at radius 1 is 1.28 bits per heavy atom. The smallest absolute Gasteiger partial charge is 0.161 e. The average molecular weight is 269 g/mol. The van der Waals surface area contributed by atoms with Crippen LogP contribution in [0.1, 0.15) is 44.1 Å². The minimum absolute atomic E-state index is 0.0690. The Kier molecular flexibility index (Phi) is 4.76. The van der Waals surface area contributed by atoms with Crippen LogP contribution in [0.4, 0.5) is 0 Å². The zero-order chi connectivity index (χ0) is 13.0. The molecule has 0 spiro atoms. The van der Waals surface area contributed by atoms with Crippen LogP contribution in [-0.4, -0.2) is 13.2 Å². The van der Waals surface area contributed by atoms with Crippen LogP contribution in [0.3, 0.4) is 0 Å². The molecule has 1 heterocycles. The predicted molar refractivity (Wildman–Crippen MR) is 74.7 cm³/mol. The number of benzene rings is 1. The molecular weight excluding hydrogens is 248 g/mol. The Morgan fingerprint density at radius 2 is 2.00 bits per heavy atom. The summed E-state index contributed by atoms with van der Waals surface area (Å²) in [7, 11) is 0. The molecule has 100 valence electrons. The first-order valence-corrected chi connectivity index (χ1v) is 7.18. The molecule has 0 fully saturated rings. The molecule has 2 nitrogen and oxygen atoms in total. The van der Waals surface area contributed by atoms with Crippen LogP contribution in [0.15, 0.2) is 18.2 Å². The van der Waals surface area contributed by atoms with E-state index in [1.807, 2.05) is 18.2 Å². The fourth-order valence-corrected chi connectivity index (χ4v) is 2.30. The van der Waals surface area contributed by atoms with Crippen molar-refractivity contribution in [1.82, 2.24) is 0 Å². The van der Waals surface area contributed by atoms with Crippen molar-refractivity contribution in [3.05, 3.63) is 23.8 Å². The van der Waals surface area contributed by atoms with Gasteiger partial charge in [0.05, 0.1) is 18.6 Å². The van der Waals surface area contributed by atoms with Gasteiger partial charge in [-0.3, -0.25) is 0 Å². The third-order valence-corrected chi connectivity index (χ3v) is 3.66. The number of hydrogen-bond donors (Lipinski definition) is 0. The fourth-order valence-electron chi connectivity index (χ4n) is 2.01. The van der Waals surface area contributed by atoms with Gasteiger partial charge in [0.1, 0.15) is 0 Å². The van der Waals surface area contributed by atoms with E-state index in [1.165, 1.54) is 6.42 Å². The molecule has 2 atom stereocenters. The minimum atomic E-state index is 0.0690. The zero-order valence-electron chi connectivity index (χ0n) is 11.1. The monoisotopic (exact) mass is 268 g/mol. The molecule has 0 N–H and O–H groups in total. The Morgan fingerprint density at radius 3 is 2.72 bits per heavy atom. The molecule has 1 aromatic rings. The van der Waals surface area contributed by atoms with E-state index in [4.69, 9.17) is 21.1 Å². The Labute approximate surface area is 114 Å². The van der Waals surface area contributed by atoms with E-state index in [1.54, 1.807) is 0 Å². The van der Waals surface area contributed by atoms with Crippen LogP contribution < -0.4 is 9.47 Å². The van der Waals surface area contributed by atoms with E-state index >= 15 is 0 Å². The summed E-state index contributed by atoms with van der Waals surface area (Å²) in [5.41, 5.74) is 1.13. The van der Waals surface area contributed by atoms with Gasteiger partial charge >= 0.3 is 0 Å². The summed E-state index contributed by atoms with van der Waals surface area (Å²) in [4.78, 5) is 0. The lowest BCUT2D eigenvalue weighted by molar-refractivity contribution is 0.228. The maximum absolute atomic E-state index is 6.40. The summed E-state index contributed by atoms with van der Waals surface area (Å²) < 4.78 is 11.5. The molecule has 3 heteroatoms. The maximum Gasteiger partial charge on any atom is 0.161 e. The molecule has 1 aliphatic rings. The van der Waals surface area contributed by atoms with Crippen LogP contribution >= 0.6 is 11.6 Å². The summed E-state index contributed by atoms with van der Waals surface area (Å²) in [6, 6.07) is 6.05. The van der Waals surface area contributed by atoms with Gasteiger partial charge in [-0.1, -0.05) is 32.8 Å². The third-order valence-electron chi connectivity index (χ3n) is 3.19. The number of unbranched alkanes of at least 4 members (excludes halogenated alkanes) is 1. The number of fused-ring (bicyclic) bond motifs is 1. The SMILES string of the molecule is CCCCC(Cl)c1ccc2c(c1)OCC(C)CO2. The van der Waals surface area contributed by atoms with E-state index in [9.17, 15) is 0 Å². The molecule has 0 aromatic heterocycles. The molecular formula is C15H21ClO2. The van der Waals surface area contributed by atoms with Crippen molar-refractivity contribution >= 4 is 11.6 Å². The highest BCUT2D eigenvalue weighted by molar-refractivity contribution is 6.20. The molecule has 2 rings (SSSR count). The van der Waals surface area contributed by atoms with E-state index < -0.39 is 0 Å². The highest BCUT2D eigenvalue weighted by atomic mass is 35.5. The predicted octanol–water partition coefficient (Wildman–Crippen LogP) is 4.56. The van der Waals surface area contributed by atoms with E-state index in [-0.39, 0.29) is 5.38 Å². The van der Waals surface area contributed by atoms with Gasteiger partial charge < -0.3 is 9.47 Å². The number of alkyl halides is 1. The third kappa shape index (κ3) is 3.32. The number of rotatable bonds is 4. The van der Waals surface area contributed by atoms with Crippen molar-refractivity contribution in [3.8, 4) is 11.5 Å². The minimum Gasteiger partial charge on any atom is -0.489 e. The van der Waals surface area contributed by atoms with Gasteiger partial charge in [-0.15, -0.1) is 11.6 Å². The first-order valence-electron chi connectivity index (χ1n) is 6.74. The molecule has 0 saturated carbocycles. The Bertz CT molecular complexity index is 392. The van der Waals surface area contributed by atoms with Gasteiger partial charge in [0, 0.05) is 5.92 Å². The Hall–Kier alpha value is -0.890. The topological polar surface area (TPSA) is 18.5 Å². The van der Waals surface area contributed by atoms with E-state index in [0.717, 1.165) is 29.9 Å². The van der Waals surface area contributed by atoms with Crippen molar-refractivity contribution in [3.63, 3.8) is 0 Å². The second-order valence-corrected chi connectivity index (χ2v) is 5.57. The number of ether oxygens (including phenoxy) is 2. The van der Waals surface area contributed by atoms with E-state index in [0.29, 0.717) is 19.1 Å². The van der Waals surface area contributed by atoms with Crippen LogP contribution in [0, 0.1) is 5.92 Å². The summed E-state index contributed by atoms with van der Waals surface area (Å²) in [5.74, 6) is 2.09. The quantitative estimate of drug-likeness (QED) is 0.745. The maximum atomic E-state index is 6.40. The lowest BCUT2D eigenvalue weighted by atomic mass is 10.1. The van der Waals surface area contributed by atoms with Gasteiger partial charge in [-0.05, 0) is 24.1 Å². The summed E-state index contributed by atoms with van der Waals surface area (Å²) in [5, 5.41) is 0.0690. The lowest BCUT2D eigenvalue weighted by Gasteiger charge is -2.13. The van der Waals surface area contributed by atoms with E-state index in [2.05, 4.69) is 13.8 Å². The first-order chi connectivity index (χ1) is 8.70. The van der Waals surface area contributed by atoms with Gasteiger partial charge in [0.2, 0.25) is 0 Å². The van der Waals surface area contributed by atoms with Gasteiger partial charge in [-0.2, -0.15) is 0 Å². The number of halogens is 1. The highest BCUT2D eigenvalue weighted by Crippen LogP contribution is 2.36. The van der Waals surface area contributed by atoms with Gasteiger partial charge in [0.15, 0.2) is 11.5 Å². The molecule has 0 bridgehead atoms. The summed E-state index contributed by atoms with van der Waals surface area (Å²) in [6.07, 6.45) is 3.33. The van der Waals surface area contributed by atoms with Crippen molar-refractivity contribution in [1.29, 1.82) is 0 Å². The van der Waals surface area contributed by atoms with Crippen LogP contribution in [0.2, 0.25) is 0 Å². The molecule has 18 heavy (non-hydrogen) atoms. The van der Waals surface area contributed by atoms with Crippen LogP contribution in [0.5, 0.6) is 11.5 Å². The van der Waals surface area contributed by atoms with Gasteiger partial charge in [0.25, 0.3) is 0 Å². The molecule has 0 amide bonds. The second-order valence-electron chi connectivity index (χ2n) is 5.04. The summed E-state index contributed by atoms with van der Waals surface area (Å²) in [6.45, 7) is 5.72. The van der Waals surface area contributed by atoms with Crippen LogP contribution in [-0.2, 0) is 0 Å². The number of hydrogen-bond acceptors (Lipinski definition) is 2. The van der Waals surface area contributed by atoms with Crippen molar-refractivity contribution in [2.45, 2.75) is 38.5 Å². The zero-order valence-corrected chi connectivity index (χ0v) is 11.9. The lowest BCUT2D eigenvalue weighted by Crippen LogP contribution is -2.12. The molecule has 0 saturated heterocycles.